The number of rotatable bonds is 6. The number of hydrogen-bond acceptors (Lipinski definition) is 5. The summed E-state index contributed by atoms with van der Waals surface area (Å²) in [4.78, 5) is 44.2. The van der Waals surface area contributed by atoms with E-state index in [9.17, 15) is 14.4 Å². The van der Waals surface area contributed by atoms with Gasteiger partial charge in [-0.25, -0.2) is 4.98 Å². The lowest BCUT2D eigenvalue weighted by molar-refractivity contribution is -0.143. The van der Waals surface area contributed by atoms with Crippen molar-refractivity contribution in [1.82, 2.24) is 14.5 Å². The number of likely N-dealkylation sites (tertiary alicyclic amines) is 1. The first-order chi connectivity index (χ1) is 16.9. The fourth-order valence-corrected chi connectivity index (χ4v) is 6.67. The van der Waals surface area contributed by atoms with Crippen LogP contribution in [0, 0.1) is 37.5 Å². The summed E-state index contributed by atoms with van der Waals surface area (Å²) in [6, 6.07) is 12.4. The number of imide groups is 1. The van der Waals surface area contributed by atoms with Crippen molar-refractivity contribution in [1.29, 1.82) is 0 Å². The van der Waals surface area contributed by atoms with Crippen LogP contribution in [0.2, 0.25) is 0 Å². The molecule has 1 aliphatic heterocycles. The fourth-order valence-electron chi connectivity index (χ4n) is 5.95. The molecule has 0 spiro atoms. The Morgan fingerprint density at radius 2 is 1.77 bits per heavy atom. The molecule has 7 nitrogen and oxygen atoms in total. The van der Waals surface area contributed by atoms with Crippen molar-refractivity contribution >= 4 is 34.2 Å². The summed E-state index contributed by atoms with van der Waals surface area (Å²) in [5.74, 6) is -1.13. The molecule has 1 saturated heterocycles. The molecular weight excluding hydrogens is 460 g/mol. The maximum Gasteiger partial charge on any atom is 0.246 e. The van der Waals surface area contributed by atoms with Gasteiger partial charge in [0.25, 0.3) is 0 Å². The van der Waals surface area contributed by atoms with Gasteiger partial charge >= 0.3 is 0 Å². The van der Waals surface area contributed by atoms with Gasteiger partial charge in [-0.3, -0.25) is 19.3 Å². The van der Waals surface area contributed by atoms with E-state index < -0.39 is 5.91 Å². The van der Waals surface area contributed by atoms with E-state index in [1.54, 1.807) is 0 Å². The second kappa shape index (κ2) is 8.30. The zero-order valence-electron chi connectivity index (χ0n) is 19.6. The molecule has 1 saturated carbocycles. The lowest BCUT2D eigenvalue weighted by Crippen LogP contribution is -2.39. The first-order valence-electron chi connectivity index (χ1n) is 11.9. The largest absolute Gasteiger partial charge is 0.344 e. The van der Waals surface area contributed by atoms with E-state index in [-0.39, 0.29) is 42.0 Å². The maximum atomic E-state index is 12.8. The Hall–Kier alpha value is -3.52. The summed E-state index contributed by atoms with van der Waals surface area (Å²) in [7, 11) is 0. The summed E-state index contributed by atoms with van der Waals surface area (Å²) < 4.78 is 2.26. The van der Waals surface area contributed by atoms with E-state index in [0.717, 1.165) is 40.5 Å². The monoisotopic (exact) mass is 486 g/mol. The zero-order valence-corrected chi connectivity index (χ0v) is 20.4. The van der Waals surface area contributed by atoms with Crippen molar-refractivity contribution in [2.75, 3.05) is 11.9 Å². The van der Waals surface area contributed by atoms with Crippen molar-refractivity contribution in [2.24, 2.45) is 23.7 Å². The second-order valence-electron chi connectivity index (χ2n) is 9.71. The van der Waals surface area contributed by atoms with Crippen LogP contribution >= 0.6 is 11.3 Å². The summed E-state index contributed by atoms with van der Waals surface area (Å²) in [6.07, 6.45) is 4.98. The Balaban J connectivity index is 1.14. The van der Waals surface area contributed by atoms with E-state index in [0.29, 0.717) is 5.13 Å². The molecule has 6 rings (SSSR count). The molecule has 4 atom stereocenters. The number of fused-ring (bicyclic) bond motifs is 5. The van der Waals surface area contributed by atoms with Crippen molar-refractivity contribution in [3.8, 4) is 11.3 Å². The van der Waals surface area contributed by atoms with Gasteiger partial charge in [0.2, 0.25) is 17.7 Å². The molecule has 0 radical (unpaired) electrons. The number of hydrogen-bond donors (Lipinski definition) is 1. The summed E-state index contributed by atoms with van der Waals surface area (Å²) in [5.41, 5.74) is 5.29. The molecule has 2 aromatic heterocycles. The van der Waals surface area contributed by atoms with Crippen molar-refractivity contribution in [3.63, 3.8) is 0 Å². The second-order valence-corrected chi connectivity index (χ2v) is 10.6. The molecule has 1 N–H and O–H groups in total. The van der Waals surface area contributed by atoms with E-state index in [1.807, 2.05) is 23.6 Å². The van der Waals surface area contributed by atoms with Crippen LogP contribution in [0.3, 0.4) is 0 Å². The molecule has 3 aromatic rings. The number of aromatic nitrogens is 2. The number of aryl methyl sites for hydroxylation is 1. The topological polar surface area (TPSA) is 84.3 Å². The van der Waals surface area contributed by atoms with Gasteiger partial charge in [-0.05, 0) is 43.7 Å². The molecule has 2 bridgehead atoms. The molecule has 3 heterocycles. The van der Waals surface area contributed by atoms with Crippen molar-refractivity contribution in [2.45, 2.75) is 26.8 Å². The van der Waals surface area contributed by atoms with Crippen LogP contribution in [-0.4, -0.2) is 38.7 Å². The highest BCUT2D eigenvalue weighted by Gasteiger charge is 2.59. The highest BCUT2D eigenvalue weighted by Crippen LogP contribution is 2.52. The number of benzene rings is 1. The summed E-state index contributed by atoms with van der Waals surface area (Å²) >= 11 is 1.34. The third kappa shape index (κ3) is 3.63. The summed E-state index contributed by atoms with van der Waals surface area (Å²) in [6.45, 7) is 4.68. The van der Waals surface area contributed by atoms with Crippen molar-refractivity contribution < 1.29 is 14.4 Å². The number of carbonyl (C=O) groups excluding carboxylic acids is 3. The maximum absolute atomic E-state index is 12.8. The van der Waals surface area contributed by atoms with Gasteiger partial charge in [0.1, 0.15) is 6.54 Å². The number of anilines is 1. The highest BCUT2D eigenvalue weighted by atomic mass is 32.1. The van der Waals surface area contributed by atoms with Crippen molar-refractivity contribution in [3.05, 3.63) is 70.9 Å². The van der Waals surface area contributed by atoms with Crippen LogP contribution in [0.5, 0.6) is 0 Å². The van der Waals surface area contributed by atoms with Gasteiger partial charge in [-0.1, -0.05) is 42.5 Å². The fraction of sp³-hybridized carbons (Fsp3) is 0.333. The quantitative estimate of drug-likeness (QED) is 0.421. The number of nitrogens with zero attached hydrogens (tertiary/aromatic N) is 3. The first-order valence-corrected chi connectivity index (χ1v) is 12.8. The SMILES string of the molecule is Cc1cc(-c2csc(NC(=O)CN3C(=O)[C@@H]4[C@H](C3=O)[C@H]3C=C[C@H]4C3)n2)c(C)n1Cc1ccccc1. The van der Waals surface area contributed by atoms with Gasteiger partial charge in [0.15, 0.2) is 5.13 Å². The van der Waals surface area contributed by atoms with E-state index in [4.69, 9.17) is 0 Å². The van der Waals surface area contributed by atoms with Gasteiger partial charge in [0, 0.05) is 28.9 Å². The molecule has 0 unspecified atom stereocenters. The molecule has 3 amide bonds. The number of nitrogens with one attached hydrogen (secondary N) is 1. The molecule has 8 heteroatoms. The molecule has 2 fully saturated rings. The van der Waals surface area contributed by atoms with Crippen LogP contribution in [0.1, 0.15) is 23.4 Å². The molecule has 178 valence electrons. The predicted molar refractivity (Wildman–Crippen MR) is 134 cm³/mol. The molecular formula is C27H26N4O3S. The molecule has 1 aromatic carbocycles. The third-order valence-corrected chi connectivity index (χ3v) is 8.40. The van der Waals surface area contributed by atoms with Crippen LogP contribution < -0.4 is 5.32 Å². The lowest BCUT2D eigenvalue weighted by atomic mass is 9.85. The minimum atomic E-state index is -0.401. The minimum absolute atomic E-state index is 0.136. The third-order valence-electron chi connectivity index (χ3n) is 7.65. The Morgan fingerprint density at radius 1 is 1.09 bits per heavy atom. The van der Waals surface area contributed by atoms with E-state index in [2.05, 4.69) is 59.1 Å². The summed E-state index contributed by atoms with van der Waals surface area (Å²) in [5, 5.41) is 5.16. The Labute approximate surface area is 207 Å². The van der Waals surface area contributed by atoms with Crippen LogP contribution in [0.15, 0.2) is 53.9 Å². The van der Waals surface area contributed by atoms with Crippen LogP contribution in [0.4, 0.5) is 5.13 Å². The lowest BCUT2D eigenvalue weighted by Gasteiger charge is -2.16. The van der Waals surface area contributed by atoms with Gasteiger partial charge in [-0.15, -0.1) is 11.3 Å². The zero-order chi connectivity index (χ0) is 24.3. The first kappa shape index (κ1) is 22.0. The van der Waals surface area contributed by atoms with Gasteiger partial charge in [-0.2, -0.15) is 0 Å². The van der Waals surface area contributed by atoms with Crippen LogP contribution in [0.25, 0.3) is 11.3 Å². The van der Waals surface area contributed by atoms with E-state index in [1.165, 1.54) is 16.9 Å². The molecule has 35 heavy (non-hydrogen) atoms. The normalized spacial score (nSPS) is 24.5. The highest BCUT2D eigenvalue weighted by molar-refractivity contribution is 7.14. The molecule has 2 aliphatic carbocycles. The van der Waals surface area contributed by atoms with E-state index >= 15 is 0 Å². The smallest absolute Gasteiger partial charge is 0.246 e. The molecule has 3 aliphatic rings. The predicted octanol–water partition coefficient (Wildman–Crippen LogP) is 4.02. The number of carbonyl (C=O) groups is 3. The number of amides is 3. The number of allylic oxidation sites excluding steroid dienone is 2. The Kier molecular flexibility index (Phi) is 5.21. The van der Waals surface area contributed by atoms with Gasteiger partial charge < -0.3 is 9.88 Å². The van der Waals surface area contributed by atoms with Crippen LogP contribution in [-0.2, 0) is 20.9 Å². The number of thiazole rings is 1. The van der Waals surface area contributed by atoms with Gasteiger partial charge in [0.05, 0.1) is 17.5 Å². The minimum Gasteiger partial charge on any atom is -0.344 e. The Bertz CT molecular complexity index is 1340. The average Bonchev–Trinajstić information content (AvgIpc) is 3.66. The average molecular weight is 487 g/mol. The standard InChI is InChI=1S/C27H26N4O3S/c1-15-10-20(16(2)30(15)12-17-6-4-3-5-7-17)21-14-35-27(28-21)29-22(32)13-31-25(33)23-18-8-9-19(11-18)24(23)26(31)34/h3-10,14,18-19,23-24H,11-13H2,1-2H3,(H,28,29,32)/t18-,19-,23-,24+/m0/s1. The Morgan fingerprint density at radius 3 is 2.46 bits per heavy atom.